The van der Waals surface area contributed by atoms with E-state index in [0.29, 0.717) is 11.5 Å². The predicted octanol–water partition coefficient (Wildman–Crippen LogP) is 3.77. The fourth-order valence-electron chi connectivity index (χ4n) is 3.31. The molecule has 4 nitrogen and oxygen atoms in total. The number of hydrogen-bond acceptors (Lipinski definition) is 3. The molecule has 1 aromatic carbocycles. The van der Waals surface area contributed by atoms with Crippen molar-refractivity contribution in [1.29, 1.82) is 0 Å². The lowest BCUT2D eigenvalue weighted by molar-refractivity contribution is -0.141. The molecule has 1 aliphatic carbocycles. The molecule has 138 valence electrons. The molecule has 26 heavy (non-hydrogen) atoms. The minimum absolute atomic E-state index is 0.00833. The van der Waals surface area contributed by atoms with Crippen molar-refractivity contribution in [3.8, 4) is 0 Å². The van der Waals surface area contributed by atoms with E-state index in [2.05, 4.69) is 9.97 Å². The third-order valence-electron chi connectivity index (χ3n) is 4.59. The van der Waals surface area contributed by atoms with Gasteiger partial charge in [0, 0.05) is 18.0 Å². The van der Waals surface area contributed by atoms with Crippen molar-refractivity contribution in [2.75, 3.05) is 0 Å². The van der Waals surface area contributed by atoms with E-state index < -0.39 is 17.8 Å². The molecule has 0 atom stereocenters. The predicted molar refractivity (Wildman–Crippen MR) is 90.4 cm³/mol. The Morgan fingerprint density at radius 3 is 2.27 bits per heavy atom. The maximum Gasteiger partial charge on any atom is 0.433 e. The first-order chi connectivity index (χ1) is 12.3. The van der Waals surface area contributed by atoms with Crippen LogP contribution in [0.3, 0.4) is 0 Å². The molecule has 1 aliphatic rings. The number of rotatable bonds is 5. The Morgan fingerprint density at radius 2 is 1.69 bits per heavy atom. The Balaban J connectivity index is 1.86. The van der Waals surface area contributed by atoms with Crippen LogP contribution in [-0.4, -0.2) is 15.9 Å². The van der Waals surface area contributed by atoms with Crippen LogP contribution in [0.2, 0.25) is 0 Å². The van der Waals surface area contributed by atoms with Crippen LogP contribution in [0.1, 0.15) is 59.9 Å². The standard InChI is InChI=1S/C19H20F3N3O/c20-19(21,22)16-11-15(24-18(25-16)14-3-1-2-4-14)9-12-5-7-13(8-6-12)10-17(23)26/h5-8,11,14H,1-4,9-10H2,(H2,23,26). The van der Waals surface area contributed by atoms with E-state index in [1.165, 1.54) is 0 Å². The zero-order valence-corrected chi connectivity index (χ0v) is 14.2. The van der Waals surface area contributed by atoms with Gasteiger partial charge < -0.3 is 5.73 Å². The fourth-order valence-corrected chi connectivity index (χ4v) is 3.31. The number of primary amides is 1. The molecule has 3 rings (SSSR count). The van der Waals surface area contributed by atoms with E-state index in [4.69, 9.17) is 5.73 Å². The highest BCUT2D eigenvalue weighted by Gasteiger charge is 2.34. The molecule has 1 heterocycles. The van der Waals surface area contributed by atoms with Gasteiger partial charge in [-0.15, -0.1) is 0 Å². The molecule has 0 spiro atoms. The number of nitrogens with two attached hydrogens (primary N) is 1. The monoisotopic (exact) mass is 363 g/mol. The summed E-state index contributed by atoms with van der Waals surface area (Å²) in [5, 5.41) is 0. The lowest BCUT2D eigenvalue weighted by Gasteiger charge is -2.14. The highest BCUT2D eigenvalue weighted by atomic mass is 19.4. The number of hydrogen-bond donors (Lipinski definition) is 1. The summed E-state index contributed by atoms with van der Waals surface area (Å²) in [5.41, 5.74) is 6.23. The summed E-state index contributed by atoms with van der Waals surface area (Å²) in [6, 6.07) is 8.09. The zero-order chi connectivity index (χ0) is 18.7. The average molecular weight is 363 g/mol. The highest BCUT2D eigenvalue weighted by molar-refractivity contribution is 5.76. The number of amides is 1. The van der Waals surface area contributed by atoms with Crippen LogP contribution in [0.5, 0.6) is 0 Å². The van der Waals surface area contributed by atoms with Gasteiger partial charge in [0.15, 0.2) is 0 Å². The summed E-state index contributed by atoms with van der Waals surface area (Å²) in [6.07, 6.45) is -0.399. The molecule has 0 radical (unpaired) electrons. The van der Waals surface area contributed by atoms with Gasteiger partial charge in [-0.25, -0.2) is 9.97 Å². The second-order valence-electron chi connectivity index (χ2n) is 6.72. The molecule has 7 heteroatoms. The van der Waals surface area contributed by atoms with Crippen LogP contribution in [0, 0.1) is 0 Å². The number of carbonyl (C=O) groups excluding carboxylic acids is 1. The first-order valence-electron chi connectivity index (χ1n) is 8.62. The summed E-state index contributed by atoms with van der Waals surface area (Å²) in [4.78, 5) is 19.1. The van der Waals surface area contributed by atoms with E-state index >= 15 is 0 Å². The number of halogens is 3. The summed E-state index contributed by atoms with van der Waals surface area (Å²) in [6.45, 7) is 0. The van der Waals surface area contributed by atoms with Crippen molar-refractivity contribution in [2.24, 2.45) is 5.73 Å². The summed E-state index contributed by atoms with van der Waals surface area (Å²) >= 11 is 0. The van der Waals surface area contributed by atoms with Gasteiger partial charge >= 0.3 is 6.18 Å². The number of alkyl halides is 3. The van der Waals surface area contributed by atoms with E-state index in [-0.39, 0.29) is 18.8 Å². The van der Waals surface area contributed by atoms with E-state index in [0.717, 1.165) is 42.9 Å². The molecule has 0 saturated heterocycles. The number of benzene rings is 1. The topological polar surface area (TPSA) is 68.9 Å². The Hall–Kier alpha value is -2.44. The highest BCUT2D eigenvalue weighted by Crippen LogP contribution is 2.35. The van der Waals surface area contributed by atoms with Crippen molar-refractivity contribution in [3.05, 3.63) is 58.7 Å². The van der Waals surface area contributed by atoms with Crippen LogP contribution in [0.15, 0.2) is 30.3 Å². The molecule has 0 unspecified atom stereocenters. The molecule has 0 aliphatic heterocycles. The summed E-state index contributed by atoms with van der Waals surface area (Å²) in [5.74, 6) is -0.115. The first kappa shape index (κ1) is 18.4. The first-order valence-corrected chi connectivity index (χ1v) is 8.62. The summed E-state index contributed by atoms with van der Waals surface area (Å²) in [7, 11) is 0. The molecule has 1 aromatic heterocycles. The SMILES string of the molecule is NC(=O)Cc1ccc(Cc2cc(C(F)(F)F)nc(C3CCCC3)n2)cc1. The van der Waals surface area contributed by atoms with Crippen LogP contribution in [0.4, 0.5) is 13.2 Å². The van der Waals surface area contributed by atoms with Crippen LogP contribution in [-0.2, 0) is 23.8 Å². The molecule has 1 saturated carbocycles. The molecular weight excluding hydrogens is 343 g/mol. The number of carbonyl (C=O) groups is 1. The maximum atomic E-state index is 13.2. The quantitative estimate of drug-likeness (QED) is 0.879. The molecule has 0 bridgehead atoms. The van der Waals surface area contributed by atoms with E-state index in [1.807, 2.05) is 0 Å². The van der Waals surface area contributed by atoms with Gasteiger partial charge in [-0.2, -0.15) is 13.2 Å². The largest absolute Gasteiger partial charge is 0.433 e. The maximum absolute atomic E-state index is 13.2. The minimum Gasteiger partial charge on any atom is -0.369 e. The van der Waals surface area contributed by atoms with Crippen molar-refractivity contribution >= 4 is 5.91 Å². The van der Waals surface area contributed by atoms with Crippen LogP contribution in [0.25, 0.3) is 0 Å². The fraction of sp³-hybridized carbons (Fsp3) is 0.421. The Morgan fingerprint density at radius 1 is 1.08 bits per heavy atom. The smallest absolute Gasteiger partial charge is 0.369 e. The van der Waals surface area contributed by atoms with Gasteiger partial charge in [0.05, 0.1) is 6.42 Å². The van der Waals surface area contributed by atoms with E-state index in [1.54, 1.807) is 24.3 Å². The Kier molecular flexibility index (Phi) is 5.25. The van der Waals surface area contributed by atoms with Gasteiger partial charge in [-0.1, -0.05) is 37.1 Å². The van der Waals surface area contributed by atoms with Gasteiger partial charge in [0.1, 0.15) is 11.5 Å². The Bertz CT molecular complexity index is 782. The number of nitrogens with zero attached hydrogens (tertiary/aromatic N) is 2. The number of aromatic nitrogens is 2. The molecule has 1 fully saturated rings. The lowest BCUT2D eigenvalue weighted by Crippen LogP contribution is -2.14. The minimum atomic E-state index is -4.49. The second-order valence-corrected chi connectivity index (χ2v) is 6.72. The van der Waals surface area contributed by atoms with Gasteiger partial charge in [-0.3, -0.25) is 4.79 Å². The molecule has 2 N–H and O–H groups in total. The second kappa shape index (κ2) is 7.43. The van der Waals surface area contributed by atoms with Gasteiger partial charge in [0.2, 0.25) is 5.91 Å². The molecular formula is C19H20F3N3O. The van der Waals surface area contributed by atoms with Crippen LogP contribution >= 0.6 is 0 Å². The van der Waals surface area contributed by atoms with Crippen LogP contribution < -0.4 is 5.73 Å². The van der Waals surface area contributed by atoms with Crippen molar-refractivity contribution in [1.82, 2.24) is 9.97 Å². The van der Waals surface area contributed by atoms with Crippen molar-refractivity contribution < 1.29 is 18.0 Å². The molecule has 2 aromatic rings. The van der Waals surface area contributed by atoms with E-state index in [9.17, 15) is 18.0 Å². The van der Waals surface area contributed by atoms with Gasteiger partial charge in [-0.05, 0) is 30.0 Å². The summed E-state index contributed by atoms with van der Waals surface area (Å²) < 4.78 is 39.6. The zero-order valence-electron chi connectivity index (χ0n) is 14.2. The molecule has 1 amide bonds. The third-order valence-corrected chi connectivity index (χ3v) is 4.59. The lowest BCUT2D eigenvalue weighted by atomic mass is 10.0. The van der Waals surface area contributed by atoms with Gasteiger partial charge in [0.25, 0.3) is 0 Å². The normalized spacial score (nSPS) is 15.3. The Labute approximate surface area is 149 Å². The third kappa shape index (κ3) is 4.59. The van der Waals surface area contributed by atoms with Crippen molar-refractivity contribution in [2.45, 2.75) is 50.6 Å². The average Bonchev–Trinajstić information content (AvgIpc) is 3.10. The van der Waals surface area contributed by atoms with Crippen molar-refractivity contribution in [3.63, 3.8) is 0 Å².